The number of carbonyl (C=O) groups excluding carboxylic acids is 1. The van der Waals surface area contributed by atoms with Gasteiger partial charge in [-0.05, 0) is 49.6 Å². The number of hydrogen-bond donors (Lipinski definition) is 1. The summed E-state index contributed by atoms with van der Waals surface area (Å²) < 4.78 is 32.4. The van der Waals surface area contributed by atoms with Gasteiger partial charge in [0.05, 0.1) is 18.3 Å². The van der Waals surface area contributed by atoms with Crippen LogP contribution in [-0.2, 0) is 20.6 Å². The standard InChI is InChI=1S/C21H26N2O4S/c1-2-27-20-12-10-19(11-13-20)22-21(24)18-9-6-14-23(15-18)28(25,26)16-17-7-4-3-5-8-17/h3-5,7-8,10-13,18H,2,6,9,14-16H2,1H3,(H,22,24)/t18-/m0/s1. The molecule has 6 nitrogen and oxygen atoms in total. The molecular weight excluding hydrogens is 376 g/mol. The Bertz CT molecular complexity index is 882. The van der Waals surface area contributed by atoms with Crippen molar-refractivity contribution in [3.05, 3.63) is 60.2 Å². The number of benzene rings is 2. The number of piperidine rings is 1. The van der Waals surface area contributed by atoms with E-state index >= 15 is 0 Å². The highest BCUT2D eigenvalue weighted by Crippen LogP contribution is 2.23. The molecule has 0 aliphatic carbocycles. The fourth-order valence-electron chi connectivity index (χ4n) is 3.33. The van der Waals surface area contributed by atoms with Gasteiger partial charge < -0.3 is 10.1 Å². The van der Waals surface area contributed by atoms with E-state index in [0.29, 0.717) is 31.7 Å². The molecule has 1 heterocycles. The topological polar surface area (TPSA) is 75.7 Å². The zero-order valence-electron chi connectivity index (χ0n) is 16.0. The van der Waals surface area contributed by atoms with Crippen molar-refractivity contribution in [3.63, 3.8) is 0 Å². The number of rotatable bonds is 7. The van der Waals surface area contributed by atoms with E-state index in [-0.39, 0.29) is 24.1 Å². The van der Waals surface area contributed by atoms with Gasteiger partial charge in [0.1, 0.15) is 5.75 Å². The van der Waals surface area contributed by atoms with Crippen LogP contribution < -0.4 is 10.1 Å². The molecule has 1 aliphatic heterocycles. The number of hydrogen-bond acceptors (Lipinski definition) is 4. The van der Waals surface area contributed by atoms with Crippen LogP contribution >= 0.6 is 0 Å². The maximum Gasteiger partial charge on any atom is 0.228 e. The van der Waals surface area contributed by atoms with Crippen LogP contribution in [0.3, 0.4) is 0 Å². The van der Waals surface area contributed by atoms with Crippen molar-refractivity contribution >= 4 is 21.6 Å². The minimum absolute atomic E-state index is 0.0406. The molecule has 1 atom stereocenters. The molecule has 1 saturated heterocycles. The quantitative estimate of drug-likeness (QED) is 0.771. The highest BCUT2D eigenvalue weighted by Gasteiger charge is 2.32. The monoisotopic (exact) mass is 402 g/mol. The minimum atomic E-state index is -3.45. The first kappa shape index (κ1) is 20.4. The van der Waals surface area contributed by atoms with Gasteiger partial charge in [-0.2, -0.15) is 0 Å². The molecule has 1 N–H and O–H groups in total. The van der Waals surface area contributed by atoms with Gasteiger partial charge in [0.2, 0.25) is 15.9 Å². The van der Waals surface area contributed by atoms with E-state index in [1.165, 1.54) is 4.31 Å². The first-order valence-electron chi connectivity index (χ1n) is 9.53. The molecule has 3 rings (SSSR count). The number of ether oxygens (including phenoxy) is 1. The van der Waals surface area contributed by atoms with Crippen LogP contribution in [0, 0.1) is 5.92 Å². The van der Waals surface area contributed by atoms with E-state index in [4.69, 9.17) is 4.74 Å². The Balaban J connectivity index is 1.61. The summed E-state index contributed by atoms with van der Waals surface area (Å²) in [6.07, 6.45) is 1.36. The zero-order valence-corrected chi connectivity index (χ0v) is 16.8. The van der Waals surface area contributed by atoms with E-state index in [1.54, 1.807) is 36.4 Å². The third-order valence-corrected chi connectivity index (χ3v) is 6.59. The number of amides is 1. The van der Waals surface area contributed by atoms with Gasteiger partial charge in [-0.3, -0.25) is 4.79 Å². The van der Waals surface area contributed by atoms with Crippen LogP contribution in [0.1, 0.15) is 25.3 Å². The summed E-state index contributed by atoms with van der Waals surface area (Å²) in [5.41, 5.74) is 1.43. The lowest BCUT2D eigenvalue weighted by molar-refractivity contribution is -0.120. The molecule has 0 unspecified atom stereocenters. The first-order chi connectivity index (χ1) is 13.5. The molecule has 2 aromatic rings. The Kier molecular flexibility index (Phi) is 6.70. The summed E-state index contributed by atoms with van der Waals surface area (Å²) in [5, 5.41) is 2.89. The number of anilines is 1. The second-order valence-corrected chi connectivity index (χ2v) is 8.85. The minimum Gasteiger partial charge on any atom is -0.494 e. The fourth-order valence-corrected chi connectivity index (χ4v) is 4.94. The van der Waals surface area contributed by atoms with Gasteiger partial charge >= 0.3 is 0 Å². The summed E-state index contributed by atoms with van der Waals surface area (Å²) in [4.78, 5) is 12.6. The fraction of sp³-hybridized carbons (Fsp3) is 0.381. The van der Waals surface area contributed by atoms with Crippen molar-refractivity contribution in [2.75, 3.05) is 25.0 Å². The zero-order chi connectivity index (χ0) is 20.0. The third kappa shape index (κ3) is 5.33. The lowest BCUT2D eigenvalue weighted by Gasteiger charge is -2.31. The highest BCUT2D eigenvalue weighted by atomic mass is 32.2. The number of sulfonamides is 1. The highest BCUT2D eigenvalue weighted by molar-refractivity contribution is 7.88. The first-order valence-corrected chi connectivity index (χ1v) is 11.1. The molecule has 2 aromatic carbocycles. The number of nitrogens with one attached hydrogen (secondary N) is 1. The average molecular weight is 403 g/mol. The van der Waals surface area contributed by atoms with Gasteiger partial charge in [0.15, 0.2) is 0 Å². The number of carbonyl (C=O) groups is 1. The van der Waals surface area contributed by atoms with Crippen LogP contribution in [0.25, 0.3) is 0 Å². The van der Waals surface area contributed by atoms with Gasteiger partial charge in [0.25, 0.3) is 0 Å². The van der Waals surface area contributed by atoms with Crippen molar-refractivity contribution in [1.29, 1.82) is 0 Å². The van der Waals surface area contributed by atoms with E-state index < -0.39 is 10.0 Å². The van der Waals surface area contributed by atoms with E-state index in [9.17, 15) is 13.2 Å². The normalized spacial score (nSPS) is 17.8. The van der Waals surface area contributed by atoms with Crippen molar-refractivity contribution in [2.45, 2.75) is 25.5 Å². The summed E-state index contributed by atoms with van der Waals surface area (Å²) in [7, 11) is -3.45. The molecule has 0 saturated carbocycles. The molecule has 1 amide bonds. The van der Waals surface area contributed by atoms with Crippen molar-refractivity contribution in [1.82, 2.24) is 4.31 Å². The molecule has 28 heavy (non-hydrogen) atoms. The lowest BCUT2D eigenvalue weighted by Crippen LogP contribution is -2.44. The molecule has 0 spiro atoms. The van der Waals surface area contributed by atoms with Gasteiger partial charge in [-0.15, -0.1) is 0 Å². The lowest BCUT2D eigenvalue weighted by atomic mass is 9.99. The van der Waals surface area contributed by atoms with E-state index in [0.717, 1.165) is 11.3 Å². The Morgan fingerprint density at radius 3 is 2.54 bits per heavy atom. The summed E-state index contributed by atoms with van der Waals surface area (Å²) in [6.45, 7) is 3.18. The number of nitrogens with zero attached hydrogens (tertiary/aromatic N) is 1. The average Bonchev–Trinajstić information content (AvgIpc) is 2.70. The molecule has 1 fully saturated rings. The smallest absolute Gasteiger partial charge is 0.228 e. The Morgan fingerprint density at radius 1 is 1.14 bits per heavy atom. The maximum absolute atomic E-state index is 12.8. The summed E-state index contributed by atoms with van der Waals surface area (Å²) in [5.74, 6) is 0.201. The summed E-state index contributed by atoms with van der Waals surface area (Å²) in [6, 6.07) is 16.3. The molecule has 0 aromatic heterocycles. The second kappa shape index (κ2) is 9.21. The molecule has 1 aliphatic rings. The van der Waals surface area contributed by atoms with E-state index in [1.807, 2.05) is 25.1 Å². The van der Waals surface area contributed by atoms with Crippen molar-refractivity contribution < 1.29 is 17.9 Å². The SMILES string of the molecule is CCOc1ccc(NC(=O)[C@H]2CCCN(S(=O)(=O)Cc3ccccc3)C2)cc1. The van der Waals surface area contributed by atoms with Crippen LogP contribution in [0.15, 0.2) is 54.6 Å². The molecule has 150 valence electrons. The predicted molar refractivity (Wildman–Crippen MR) is 110 cm³/mol. The summed E-state index contributed by atoms with van der Waals surface area (Å²) >= 11 is 0. The molecule has 0 bridgehead atoms. The Morgan fingerprint density at radius 2 is 1.86 bits per heavy atom. The van der Waals surface area contributed by atoms with Crippen LogP contribution in [0.2, 0.25) is 0 Å². The Hall–Kier alpha value is -2.38. The molecule has 0 radical (unpaired) electrons. The molecule has 7 heteroatoms. The van der Waals surface area contributed by atoms with Crippen molar-refractivity contribution in [3.8, 4) is 5.75 Å². The van der Waals surface area contributed by atoms with Crippen LogP contribution in [-0.4, -0.2) is 38.3 Å². The van der Waals surface area contributed by atoms with Gasteiger partial charge in [0, 0.05) is 18.8 Å². The third-order valence-electron chi connectivity index (χ3n) is 4.77. The maximum atomic E-state index is 12.8. The largest absolute Gasteiger partial charge is 0.494 e. The van der Waals surface area contributed by atoms with Crippen molar-refractivity contribution in [2.24, 2.45) is 5.92 Å². The van der Waals surface area contributed by atoms with Crippen LogP contribution in [0.4, 0.5) is 5.69 Å². The van der Waals surface area contributed by atoms with E-state index in [2.05, 4.69) is 5.32 Å². The Labute approximate surface area is 166 Å². The second-order valence-electron chi connectivity index (χ2n) is 6.89. The van der Waals surface area contributed by atoms with Crippen LogP contribution in [0.5, 0.6) is 5.75 Å². The predicted octanol–water partition coefficient (Wildman–Crippen LogP) is 3.27. The molecular formula is C21H26N2O4S. The van der Waals surface area contributed by atoms with Gasteiger partial charge in [-0.1, -0.05) is 30.3 Å². The van der Waals surface area contributed by atoms with Gasteiger partial charge in [-0.25, -0.2) is 12.7 Å².